The van der Waals surface area contributed by atoms with Crippen molar-refractivity contribution in [2.45, 2.75) is 64.7 Å². The molecule has 0 heterocycles. The lowest BCUT2D eigenvalue weighted by Gasteiger charge is -2.35. The zero-order valence-electron chi connectivity index (χ0n) is 22.9. The summed E-state index contributed by atoms with van der Waals surface area (Å²) in [5.74, 6) is 1.61. The fourth-order valence-corrected chi connectivity index (χ4v) is 4.69. The smallest absolute Gasteiger partial charge is 0.123 e. The molecular formula is C32H42O4. The highest BCUT2D eigenvalue weighted by atomic mass is 16.5. The summed E-state index contributed by atoms with van der Waals surface area (Å²) in [6, 6.07) is 23.4. The third-order valence-corrected chi connectivity index (χ3v) is 6.78. The summed E-state index contributed by atoms with van der Waals surface area (Å²) in [5.41, 5.74) is 5.01. The zero-order valence-corrected chi connectivity index (χ0v) is 22.9. The second-order valence-electron chi connectivity index (χ2n) is 11.6. The van der Waals surface area contributed by atoms with Crippen molar-refractivity contribution in [3.8, 4) is 11.5 Å². The van der Waals surface area contributed by atoms with Gasteiger partial charge >= 0.3 is 0 Å². The average Bonchev–Trinajstić information content (AvgIpc) is 2.85. The molecule has 4 nitrogen and oxygen atoms in total. The Hall–Kier alpha value is -2.82. The number of rotatable bonds is 9. The maximum atomic E-state index is 9.32. The highest BCUT2D eigenvalue weighted by Crippen LogP contribution is 2.44. The maximum absolute atomic E-state index is 9.32. The Kier molecular flexibility index (Phi) is 8.53. The van der Waals surface area contributed by atoms with Gasteiger partial charge in [0.15, 0.2) is 0 Å². The van der Waals surface area contributed by atoms with Crippen LogP contribution in [0.3, 0.4) is 0 Å². The summed E-state index contributed by atoms with van der Waals surface area (Å²) in [5, 5.41) is 18.6. The molecule has 3 aromatic rings. The second kappa shape index (κ2) is 11.1. The molecule has 2 N–H and O–H groups in total. The third-order valence-electron chi connectivity index (χ3n) is 6.78. The minimum Gasteiger partial charge on any atom is -0.491 e. The van der Waals surface area contributed by atoms with Gasteiger partial charge in [0, 0.05) is 5.41 Å². The molecule has 0 saturated heterocycles. The van der Waals surface area contributed by atoms with E-state index in [9.17, 15) is 10.2 Å². The van der Waals surface area contributed by atoms with Crippen LogP contribution < -0.4 is 9.47 Å². The molecule has 0 bridgehead atoms. The number of aliphatic hydroxyl groups excluding tert-OH is 2. The molecule has 0 aliphatic heterocycles. The molecule has 4 heteroatoms. The first-order valence-electron chi connectivity index (χ1n) is 12.8. The normalized spacial score (nSPS) is 12.5. The lowest BCUT2D eigenvalue weighted by molar-refractivity contribution is 0.198. The van der Waals surface area contributed by atoms with Crippen molar-refractivity contribution >= 4 is 0 Å². The van der Waals surface area contributed by atoms with E-state index in [1.54, 1.807) is 0 Å². The van der Waals surface area contributed by atoms with Crippen LogP contribution in [0.1, 0.15) is 76.3 Å². The zero-order chi connectivity index (χ0) is 26.6. The Bertz CT molecular complexity index is 1070. The largest absolute Gasteiger partial charge is 0.491 e. The van der Waals surface area contributed by atoms with Gasteiger partial charge in [-0.2, -0.15) is 0 Å². The van der Waals surface area contributed by atoms with Gasteiger partial charge in [-0.05, 0) is 57.7 Å². The minimum absolute atomic E-state index is 0.0205. The quantitative estimate of drug-likeness (QED) is 0.342. The topological polar surface area (TPSA) is 58.9 Å². The van der Waals surface area contributed by atoms with E-state index in [1.165, 1.54) is 16.7 Å². The lowest BCUT2D eigenvalue weighted by Crippen LogP contribution is -2.27. The van der Waals surface area contributed by atoms with E-state index < -0.39 is 5.41 Å². The average molecular weight is 491 g/mol. The number of hydrogen-bond acceptors (Lipinski definition) is 4. The van der Waals surface area contributed by atoms with Gasteiger partial charge in [-0.1, -0.05) is 96.1 Å². The third kappa shape index (κ3) is 5.93. The predicted octanol–water partition coefficient (Wildman–Crippen LogP) is 6.38. The highest BCUT2D eigenvalue weighted by Gasteiger charge is 2.34. The van der Waals surface area contributed by atoms with E-state index in [4.69, 9.17) is 9.47 Å². The van der Waals surface area contributed by atoms with Gasteiger partial charge in [-0.3, -0.25) is 0 Å². The fraction of sp³-hybridized carbons (Fsp3) is 0.438. The second-order valence-corrected chi connectivity index (χ2v) is 11.6. The number of ether oxygens (including phenoxy) is 2. The van der Waals surface area contributed by atoms with E-state index in [2.05, 4.69) is 97.0 Å². The Labute approximate surface area is 216 Å². The van der Waals surface area contributed by atoms with Crippen LogP contribution >= 0.6 is 0 Å². The summed E-state index contributed by atoms with van der Waals surface area (Å²) in [7, 11) is 0. The fourth-order valence-electron chi connectivity index (χ4n) is 4.69. The SMILES string of the molecule is CC(C)(C)c1cc(C(C)(c2ccccc2)c2ccc(OCCO)c(C(C)(C)C)c2)ccc1OCCO. The number of hydrogen-bond donors (Lipinski definition) is 2. The molecule has 0 saturated carbocycles. The van der Waals surface area contributed by atoms with Crippen molar-refractivity contribution in [2.75, 3.05) is 26.4 Å². The van der Waals surface area contributed by atoms with E-state index in [0.29, 0.717) is 0 Å². The summed E-state index contributed by atoms with van der Waals surface area (Å²) in [4.78, 5) is 0. The van der Waals surface area contributed by atoms with Gasteiger partial charge in [0.05, 0.1) is 13.2 Å². The Morgan fingerprint density at radius 1 is 0.556 bits per heavy atom. The van der Waals surface area contributed by atoms with E-state index in [0.717, 1.165) is 22.6 Å². The van der Waals surface area contributed by atoms with Crippen LogP contribution in [0.4, 0.5) is 0 Å². The first-order valence-corrected chi connectivity index (χ1v) is 12.8. The van der Waals surface area contributed by atoms with Crippen LogP contribution in [-0.2, 0) is 16.2 Å². The van der Waals surface area contributed by atoms with Gasteiger partial charge in [-0.15, -0.1) is 0 Å². The van der Waals surface area contributed by atoms with E-state index in [-0.39, 0.29) is 37.3 Å². The van der Waals surface area contributed by atoms with Crippen LogP contribution in [0.5, 0.6) is 11.5 Å². The molecule has 0 atom stereocenters. The first-order chi connectivity index (χ1) is 16.9. The molecule has 0 aliphatic carbocycles. The highest BCUT2D eigenvalue weighted by molar-refractivity contribution is 5.56. The molecule has 0 amide bonds. The molecule has 0 fully saturated rings. The standard InChI is InChI=1S/C32H42O4/c1-30(2,3)26-21-24(13-15-28(26)35-19-17-33)32(7,23-11-9-8-10-12-23)25-14-16-29(36-20-18-34)27(22-25)31(4,5)6/h8-16,21-22,33-34H,17-20H2,1-7H3. The van der Waals surface area contributed by atoms with Crippen LogP contribution in [0.15, 0.2) is 66.7 Å². The van der Waals surface area contributed by atoms with Crippen LogP contribution in [-0.4, -0.2) is 36.6 Å². The van der Waals surface area contributed by atoms with Gasteiger partial charge in [0.25, 0.3) is 0 Å². The molecule has 3 rings (SSSR count). The molecule has 0 radical (unpaired) electrons. The predicted molar refractivity (Wildman–Crippen MR) is 147 cm³/mol. The molecule has 194 valence electrons. The van der Waals surface area contributed by atoms with Crippen LogP contribution in [0.25, 0.3) is 0 Å². The van der Waals surface area contributed by atoms with Crippen molar-refractivity contribution in [3.63, 3.8) is 0 Å². The van der Waals surface area contributed by atoms with Crippen molar-refractivity contribution in [3.05, 3.63) is 94.5 Å². The molecule has 3 aromatic carbocycles. The Balaban J connectivity index is 2.28. The van der Waals surface area contributed by atoms with Gasteiger partial charge in [0.2, 0.25) is 0 Å². The van der Waals surface area contributed by atoms with Crippen LogP contribution in [0, 0.1) is 0 Å². The maximum Gasteiger partial charge on any atom is 0.123 e. The van der Waals surface area contributed by atoms with Crippen molar-refractivity contribution < 1.29 is 19.7 Å². The molecule has 0 aromatic heterocycles. The minimum atomic E-state index is -0.438. The van der Waals surface area contributed by atoms with E-state index >= 15 is 0 Å². The Morgan fingerprint density at radius 3 is 1.33 bits per heavy atom. The molecule has 0 spiro atoms. The van der Waals surface area contributed by atoms with Gasteiger partial charge < -0.3 is 19.7 Å². The number of aliphatic hydroxyl groups is 2. The van der Waals surface area contributed by atoms with E-state index in [1.807, 2.05) is 18.2 Å². The molecule has 36 heavy (non-hydrogen) atoms. The van der Waals surface area contributed by atoms with Gasteiger partial charge in [0.1, 0.15) is 24.7 Å². The van der Waals surface area contributed by atoms with Gasteiger partial charge in [-0.25, -0.2) is 0 Å². The monoisotopic (exact) mass is 490 g/mol. The molecular weight excluding hydrogens is 448 g/mol. The number of benzene rings is 3. The summed E-state index contributed by atoms with van der Waals surface area (Å²) in [6.45, 7) is 15.9. The Morgan fingerprint density at radius 2 is 0.972 bits per heavy atom. The summed E-state index contributed by atoms with van der Waals surface area (Å²) < 4.78 is 11.8. The molecule has 0 unspecified atom stereocenters. The van der Waals surface area contributed by atoms with Crippen LogP contribution in [0.2, 0.25) is 0 Å². The van der Waals surface area contributed by atoms with Crippen molar-refractivity contribution in [1.82, 2.24) is 0 Å². The molecule has 0 aliphatic rings. The summed E-state index contributed by atoms with van der Waals surface area (Å²) in [6.07, 6.45) is 0. The lowest BCUT2D eigenvalue weighted by atomic mass is 9.68. The first kappa shape index (κ1) is 27.8. The van der Waals surface area contributed by atoms with Crippen molar-refractivity contribution in [1.29, 1.82) is 0 Å². The summed E-state index contributed by atoms with van der Waals surface area (Å²) >= 11 is 0. The van der Waals surface area contributed by atoms with Crippen molar-refractivity contribution in [2.24, 2.45) is 0 Å².